The average Bonchev–Trinajstić information content (AvgIpc) is 2.66. The third-order valence-electron chi connectivity index (χ3n) is 3.55. The predicted molar refractivity (Wildman–Crippen MR) is 97.6 cm³/mol. The highest BCUT2D eigenvalue weighted by Crippen LogP contribution is 2.35. The van der Waals surface area contributed by atoms with Crippen LogP contribution in [0.4, 0.5) is 0 Å². The highest BCUT2D eigenvalue weighted by atomic mass is 32.2. The Kier molecular flexibility index (Phi) is 5.64. The van der Waals surface area contributed by atoms with E-state index in [0.29, 0.717) is 6.54 Å². The van der Waals surface area contributed by atoms with Crippen LogP contribution in [0.25, 0.3) is 0 Å². The van der Waals surface area contributed by atoms with Crippen molar-refractivity contribution in [2.45, 2.75) is 16.7 Å². The zero-order valence-electron chi connectivity index (χ0n) is 13.1. The minimum absolute atomic E-state index is 0.00636. The molecule has 1 unspecified atom stereocenters. The van der Waals surface area contributed by atoms with E-state index in [-0.39, 0.29) is 11.2 Å². The summed E-state index contributed by atoms with van der Waals surface area (Å²) in [6, 6.07) is 23.7. The van der Waals surface area contributed by atoms with Crippen LogP contribution in [0.15, 0.2) is 90.1 Å². The minimum atomic E-state index is -0.282. The van der Waals surface area contributed by atoms with E-state index in [1.165, 1.54) is 0 Å². The fourth-order valence-corrected chi connectivity index (χ4v) is 3.39. The van der Waals surface area contributed by atoms with Crippen LogP contribution in [0.2, 0.25) is 0 Å². The molecule has 1 aromatic heterocycles. The number of benzene rings is 2. The summed E-state index contributed by atoms with van der Waals surface area (Å²) in [5.74, 6) is 0.00636. The second-order valence-electron chi connectivity index (χ2n) is 5.29. The van der Waals surface area contributed by atoms with Crippen LogP contribution in [-0.4, -0.2) is 10.9 Å². The van der Waals surface area contributed by atoms with Crippen LogP contribution < -0.4 is 5.32 Å². The van der Waals surface area contributed by atoms with Crippen molar-refractivity contribution in [1.82, 2.24) is 10.3 Å². The fourth-order valence-electron chi connectivity index (χ4n) is 2.32. The molecule has 0 saturated carbocycles. The molecule has 0 radical (unpaired) electrons. The molecule has 3 nitrogen and oxygen atoms in total. The zero-order valence-corrected chi connectivity index (χ0v) is 13.9. The number of nitrogens with one attached hydrogen (secondary N) is 1. The average molecular weight is 334 g/mol. The van der Waals surface area contributed by atoms with E-state index in [1.807, 2.05) is 72.8 Å². The van der Waals surface area contributed by atoms with Gasteiger partial charge >= 0.3 is 0 Å². The maximum Gasteiger partial charge on any atom is 0.238 e. The minimum Gasteiger partial charge on any atom is -0.351 e. The SMILES string of the molecule is O=C(NCc1ccncc1)C(Sc1ccccc1)c1ccccc1. The van der Waals surface area contributed by atoms with Crippen molar-refractivity contribution in [3.8, 4) is 0 Å². The Morgan fingerprint density at radius 2 is 1.54 bits per heavy atom. The Labute approximate surface area is 146 Å². The van der Waals surface area contributed by atoms with Crippen LogP contribution in [0.1, 0.15) is 16.4 Å². The van der Waals surface area contributed by atoms with Crippen LogP contribution in [0, 0.1) is 0 Å². The van der Waals surface area contributed by atoms with Gasteiger partial charge in [-0.05, 0) is 35.4 Å². The molecular formula is C20H18N2OS. The molecule has 0 aliphatic carbocycles. The summed E-state index contributed by atoms with van der Waals surface area (Å²) >= 11 is 1.56. The smallest absolute Gasteiger partial charge is 0.238 e. The first-order chi connectivity index (χ1) is 11.8. The van der Waals surface area contributed by atoms with Gasteiger partial charge in [0.15, 0.2) is 0 Å². The molecule has 0 fully saturated rings. The molecule has 1 atom stereocenters. The van der Waals surface area contributed by atoms with Gasteiger partial charge in [0.2, 0.25) is 5.91 Å². The Bertz CT molecular complexity index is 763. The largest absolute Gasteiger partial charge is 0.351 e. The first-order valence-electron chi connectivity index (χ1n) is 7.76. The number of carbonyl (C=O) groups excluding carboxylic acids is 1. The molecule has 0 aliphatic heterocycles. The number of amides is 1. The predicted octanol–water partition coefficient (Wildman–Crippen LogP) is 4.23. The van der Waals surface area contributed by atoms with Gasteiger partial charge in [0.25, 0.3) is 0 Å². The molecule has 0 bridgehead atoms. The lowest BCUT2D eigenvalue weighted by molar-refractivity contribution is -0.120. The summed E-state index contributed by atoms with van der Waals surface area (Å²) in [5, 5.41) is 2.75. The van der Waals surface area contributed by atoms with E-state index < -0.39 is 0 Å². The second kappa shape index (κ2) is 8.31. The lowest BCUT2D eigenvalue weighted by Crippen LogP contribution is -2.27. The quantitative estimate of drug-likeness (QED) is 0.686. The van der Waals surface area contributed by atoms with Crippen molar-refractivity contribution < 1.29 is 4.79 Å². The molecule has 3 aromatic rings. The van der Waals surface area contributed by atoms with Crippen molar-refractivity contribution in [3.63, 3.8) is 0 Å². The summed E-state index contributed by atoms with van der Waals surface area (Å²) in [5.41, 5.74) is 2.04. The van der Waals surface area contributed by atoms with Gasteiger partial charge in [0, 0.05) is 23.8 Å². The van der Waals surface area contributed by atoms with E-state index in [2.05, 4.69) is 10.3 Å². The van der Waals surface area contributed by atoms with E-state index >= 15 is 0 Å². The standard InChI is InChI=1S/C20H18N2OS/c23-20(22-15-16-11-13-21-14-12-16)19(17-7-3-1-4-8-17)24-18-9-5-2-6-10-18/h1-14,19H,15H2,(H,22,23). The summed E-state index contributed by atoms with van der Waals surface area (Å²) < 4.78 is 0. The fraction of sp³-hybridized carbons (Fsp3) is 0.100. The summed E-state index contributed by atoms with van der Waals surface area (Å²) in [4.78, 5) is 17.8. The molecular weight excluding hydrogens is 316 g/mol. The number of aromatic nitrogens is 1. The summed E-state index contributed by atoms with van der Waals surface area (Å²) in [6.07, 6.45) is 3.46. The molecule has 1 N–H and O–H groups in total. The van der Waals surface area contributed by atoms with Gasteiger partial charge in [-0.25, -0.2) is 0 Å². The van der Waals surface area contributed by atoms with Crippen LogP contribution in [0.5, 0.6) is 0 Å². The third kappa shape index (κ3) is 4.46. The molecule has 1 heterocycles. The zero-order chi connectivity index (χ0) is 16.6. The highest BCUT2D eigenvalue weighted by molar-refractivity contribution is 8.00. The molecule has 24 heavy (non-hydrogen) atoms. The summed E-state index contributed by atoms with van der Waals surface area (Å²) in [7, 11) is 0. The number of hydrogen-bond acceptors (Lipinski definition) is 3. The van der Waals surface area contributed by atoms with E-state index in [1.54, 1.807) is 24.2 Å². The van der Waals surface area contributed by atoms with Crippen molar-refractivity contribution in [2.75, 3.05) is 0 Å². The van der Waals surface area contributed by atoms with Crippen LogP contribution in [-0.2, 0) is 11.3 Å². The maximum atomic E-state index is 12.8. The maximum absolute atomic E-state index is 12.8. The monoisotopic (exact) mass is 334 g/mol. The van der Waals surface area contributed by atoms with Crippen LogP contribution >= 0.6 is 11.8 Å². The second-order valence-corrected chi connectivity index (χ2v) is 6.47. The van der Waals surface area contributed by atoms with Crippen molar-refractivity contribution in [3.05, 3.63) is 96.3 Å². The number of carbonyl (C=O) groups is 1. The Morgan fingerprint density at radius 1 is 0.917 bits per heavy atom. The first-order valence-corrected chi connectivity index (χ1v) is 8.64. The van der Waals surface area contributed by atoms with Gasteiger partial charge < -0.3 is 5.32 Å². The number of rotatable bonds is 6. The third-order valence-corrected chi connectivity index (χ3v) is 4.82. The summed E-state index contributed by atoms with van der Waals surface area (Å²) in [6.45, 7) is 0.500. The lowest BCUT2D eigenvalue weighted by Gasteiger charge is -2.17. The lowest BCUT2D eigenvalue weighted by atomic mass is 10.1. The number of nitrogens with zero attached hydrogens (tertiary/aromatic N) is 1. The normalized spacial score (nSPS) is 11.7. The van der Waals surface area contributed by atoms with Crippen molar-refractivity contribution >= 4 is 17.7 Å². The molecule has 1 amide bonds. The Hall–Kier alpha value is -2.59. The van der Waals surface area contributed by atoms with Crippen LogP contribution in [0.3, 0.4) is 0 Å². The van der Waals surface area contributed by atoms with E-state index in [0.717, 1.165) is 16.0 Å². The number of thioether (sulfide) groups is 1. The van der Waals surface area contributed by atoms with Gasteiger partial charge in [-0.2, -0.15) is 0 Å². The molecule has 0 saturated heterocycles. The molecule has 4 heteroatoms. The molecule has 2 aromatic carbocycles. The Balaban J connectivity index is 1.75. The van der Waals surface area contributed by atoms with Gasteiger partial charge in [0.05, 0.1) is 0 Å². The Morgan fingerprint density at radius 3 is 2.21 bits per heavy atom. The molecule has 3 rings (SSSR count). The van der Waals surface area contributed by atoms with Crippen molar-refractivity contribution in [2.24, 2.45) is 0 Å². The number of pyridine rings is 1. The van der Waals surface area contributed by atoms with Gasteiger partial charge in [-0.15, -0.1) is 11.8 Å². The molecule has 120 valence electrons. The van der Waals surface area contributed by atoms with Crippen molar-refractivity contribution in [1.29, 1.82) is 0 Å². The van der Waals surface area contributed by atoms with E-state index in [9.17, 15) is 4.79 Å². The topological polar surface area (TPSA) is 42.0 Å². The van der Waals surface area contributed by atoms with Gasteiger partial charge in [0.1, 0.15) is 5.25 Å². The first kappa shape index (κ1) is 16.3. The van der Waals surface area contributed by atoms with Gasteiger partial charge in [-0.1, -0.05) is 48.5 Å². The number of hydrogen-bond donors (Lipinski definition) is 1. The van der Waals surface area contributed by atoms with E-state index in [4.69, 9.17) is 0 Å². The molecule has 0 spiro atoms. The van der Waals surface area contributed by atoms with Gasteiger partial charge in [-0.3, -0.25) is 9.78 Å². The molecule has 0 aliphatic rings. The highest BCUT2D eigenvalue weighted by Gasteiger charge is 2.21.